The molecule has 1 aliphatic heterocycles. The van der Waals surface area contributed by atoms with Crippen molar-refractivity contribution in [1.82, 2.24) is 4.90 Å². The molecule has 1 heterocycles. The second-order valence-corrected chi connectivity index (χ2v) is 7.49. The zero-order valence-electron chi connectivity index (χ0n) is 16.9. The lowest BCUT2D eigenvalue weighted by atomic mass is 9.81. The van der Waals surface area contributed by atoms with Gasteiger partial charge in [0, 0.05) is 5.69 Å². The first-order valence-electron chi connectivity index (χ1n) is 9.81. The summed E-state index contributed by atoms with van der Waals surface area (Å²) in [6.45, 7) is 0.672. The van der Waals surface area contributed by atoms with Gasteiger partial charge in [-0.05, 0) is 37.5 Å². The van der Waals surface area contributed by atoms with Crippen molar-refractivity contribution < 1.29 is 33.4 Å². The summed E-state index contributed by atoms with van der Waals surface area (Å²) in [4.78, 5) is 61.6. The number of amides is 3. The molecule has 0 spiro atoms. The van der Waals surface area contributed by atoms with Gasteiger partial charge in [0.05, 0.1) is 24.5 Å². The van der Waals surface area contributed by atoms with Gasteiger partial charge in [0.25, 0.3) is 5.91 Å². The summed E-state index contributed by atoms with van der Waals surface area (Å²) in [5.74, 6) is -3.33. The van der Waals surface area contributed by atoms with Crippen LogP contribution in [0.25, 0.3) is 0 Å². The van der Waals surface area contributed by atoms with Crippen molar-refractivity contribution in [2.75, 3.05) is 25.6 Å². The average Bonchev–Trinajstić information content (AvgIpc) is 2.98. The molecule has 160 valence electrons. The molecule has 2 fully saturated rings. The number of imide groups is 1. The molecule has 1 aromatic rings. The predicted molar refractivity (Wildman–Crippen MR) is 104 cm³/mol. The summed E-state index contributed by atoms with van der Waals surface area (Å²) in [5.41, 5.74) is 1.36. The average molecular weight is 416 g/mol. The molecule has 1 saturated heterocycles. The minimum atomic E-state index is -0.828. The molecular formula is C21H24N2O7. The maximum absolute atomic E-state index is 12.4. The highest BCUT2D eigenvalue weighted by molar-refractivity contribution is 6.07. The molecule has 1 saturated carbocycles. The number of benzene rings is 1. The fourth-order valence-electron chi connectivity index (χ4n) is 3.90. The number of nitrogens with zero attached hydrogens (tertiary/aromatic N) is 1. The van der Waals surface area contributed by atoms with Gasteiger partial charge in [-0.1, -0.05) is 18.9 Å². The van der Waals surface area contributed by atoms with E-state index < -0.39 is 31.0 Å². The van der Waals surface area contributed by atoms with Crippen LogP contribution in [0.15, 0.2) is 18.2 Å². The van der Waals surface area contributed by atoms with Crippen LogP contribution in [0.1, 0.15) is 41.6 Å². The SMILES string of the molecule is COC(=O)c1ccc(C)c(NC(=O)COC(=O)CN2C(=O)[C@@H]3CCCC[C@H]3C2=O)c1. The Kier molecular flexibility index (Phi) is 6.49. The number of likely N-dealkylation sites (tertiary alicyclic amines) is 1. The minimum Gasteiger partial charge on any atom is -0.465 e. The van der Waals surface area contributed by atoms with Gasteiger partial charge >= 0.3 is 11.9 Å². The lowest BCUT2D eigenvalue weighted by Gasteiger charge is -2.19. The van der Waals surface area contributed by atoms with E-state index in [1.54, 1.807) is 19.1 Å². The fourth-order valence-corrected chi connectivity index (χ4v) is 3.90. The van der Waals surface area contributed by atoms with Crippen molar-refractivity contribution in [3.8, 4) is 0 Å². The van der Waals surface area contributed by atoms with Crippen LogP contribution in [-0.4, -0.2) is 54.8 Å². The molecule has 30 heavy (non-hydrogen) atoms. The Morgan fingerprint density at radius 1 is 1.10 bits per heavy atom. The van der Waals surface area contributed by atoms with E-state index in [1.165, 1.54) is 13.2 Å². The molecule has 3 rings (SSSR count). The van der Waals surface area contributed by atoms with Gasteiger partial charge in [0.15, 0.2) is 6.61 Å². The number of carbonyl (C=O) groups is 5. The quantitative estimate of drug-likeness (QED) is 0.550. The summed E-state index contributed by atoms with van der Waals surface area (Å²) in [7, 11) is 1.25. The molecular weight excluding hydrogens is 392 g/mol. The number of aryl methyl sites for hydroxylation is 1. The number of hydrogen-bond acceptors (Lipinski definition) is 7. The van der Waals surface area contributed by atoms with E-state index in [2.05, 4.69) is 10.1 Å². The van der Waals surface area contributed by atoms with E-state index in [4.69, 9.17) is 4.74 Å². The number of carbonyl (C=O) groups excluding carboxylic acids is 5. The first-order valence-corrected chi connectivity index (χ1v) is 9.81. The third kappa shape index (κ3) is 4.50. The summed E-state index contributed by atoms with van der Waals surface area (Å²) < 4.78 is 9.59. The Morgan fingerprint density at radius 2 is 1.73 bits per heavy atom. The maximum Gasteiger partial charge on any atom is 0.337 e. The second-order valence-electron chi connectivity index (χ2n) is 7.49. The Bertz CT molecular complexity index is 871. The highest BCUT2D eigenvalue weighted by atomic mass is 16.5. The second kappa shape index (κ2) is 9.06. The van der Waals surface area contributed by atoms with Crippen LogP contribution < -0.4 is 5.32 Å². The van der Waals surface area contributed by atoms with Crippen LogP contribution in [0.3, 0.4) is 0 Å². The molecule has 1 aliphatic carbocycles. The van der Waals surface area contributed by atoms with E-state index in [0.29, 0.717) is 24.1 Å². The summed E-state index contributed by atoms with van der Waals surface area (Å²) in [6, 6.07) is 4.68. The number of ether oxygens (including phenoxy) is 2. The number of methoxy groups -OCH3 is 1. The molecule has 2 aliphatic rings. The van der Waals surface area contributed by atoms with Crippen LogP contribution >= 0.6 is 0 Å². The molecule has 0 aromatic heterocycles. The van der Waals surface area contributed by atoms with E-state index >= 15 is 0 Å². The molecule has 0 radical (unpaired) electrons. The van der Waals surface area contributed by atoms with Gasteiger partial charge < -0.3 is 14.8 Å². The van der Waals surface area contributed by atoms with Gasteiger partial charge in [-0.2, -0.15) is 0 Å². The number of esters is 2. The number of fused-ring (bicyclic) bond motifs is 1. The first kappa shape index (κ1) is 21.5. The van der Waals surface area contributed by atoms with Gasteiger partial charge in [-0.25, -0.2) is 4.79 Å². The van der Waals surface area contributed by atoms with Gasteiger partial charge in [0.2, 0.25) is 11.8 Å². The van der Waals surface area contributed by atoms with Crippen molar-refractivity contribution >= 4 is 35.3 Å². The predicted octanol–water partition coefficient (Wildman–Crippen LogP) is 1.44. The summed E-state index contributed by atoms with van der Waals surface area (Å²) in [6.07, 6.45) is 3.12. The first-order chi connectivity index (χ1) is 14.3. The normalized spacial score (nSPS) is 20.5. The smallest absolute Gasteiger partial charge is 0.337 e. The lowest BCUT2D eigenvalue weighted by molar-refractivity contribution is -0.154. The highest BCUT2D eigenvalue weighted by Gasteiger charge is 2.48. The van der Waals surface area contributed by atoms with Crippen LogP contribution in [-0.2, 0) is 28.7 Å². The van der Waals surface area contributed by atoms with Crippen LogP contribution in [0.4, 0.5) is 5.69 Å². The Morgan fingerprint density at radius 3 is 2.33 bits per heavy atom. The maximum atomic E-state index is 12.4. The van der Waals surface area contributed by atoms with Crippen molar-refractivity contribution in [2.45, 2.75) is 32.6 Å². The van der Waals surface area contributed by atoms with Gasteiger partial charge in [-0.3, -0.25) is 24.1 Å². The molecule has 0 bridgehead atoms. The minimum absolute atomic E-state index is 0.267. The van der Waals surface area contributed by atoms with Gasteiger partial charge in [-0.15, -0.1) is 0 Å². The molecule has 0 unspecified atom stereocenters. The fraction of sp³-hybridized carbons (Fsp3) is 0.476. The molecule has 9 heteroatoms. The third-order valence-electron chi connectivity index (χ3n) is 5.52. The van der Waals surface area contributed by atoms with Crippen molar-refractivity contribution in [2.24, 2.45) is 11.8 Å². The molecule has 1 aromatic carbocycles. The van der Waals surface area contributed by atoms with E-state index in [0.717, 1.165) is 17.7 Å². The standard InChI is InChI=1S/C21H24N2O7/c1-12-7-8-13(21(28)29-2)9-16(12)22-17(24)11-30-18(25)10-23-19(26)14-5-3-4-6-15(14)20(23)27/h7-9,14-15H,3-6,10-11H2,1-2H3,(H,22,24)/t14-,15-/m1/s1. The van der Waals surface area contributed by atoms with Gasteiger partial charge in [0.1, 0.15) is 6.54 Å². The van der Waals surface area contributed by atoms with Crippen molar-refractivity contribution in [1.29, 1.82) is 0 Å². The van der Waals surface area contributed by atoms with Crippen LogP contribution in [0, 0.1) is 18.8 Å². The lowest BCUT2D eigenvalue weighted by Crippen LogP contribution is -2.37. The van der Waals surface area contributed by atoms with Crippen molar-refractivity contribution in [3.63, 3.8) is 0 Å². The summed E-state index contributed by atoms with van der Waals surface area (Å²) >= 11 is 0. The van der Waals surface area contributed by atoms with Crippen molar-refractivity contribution in [3.05, 3.63) is 29.3 Å². The molecule has 1 N–H and O–H groups in total. The largest absolute Gasteiger partial charge is 0.465 e. The number of nitrogens with one attached hydrogen (secondary N) is 1. The molecule has 3 amide bonds. The number of hydrogen-bond donors (Lipinski definition) is 1. The van der Waals surface area contributed by atoms with E-state index in [9.17, 15) is 24.0 Å². The van der Waals surface area contributed by atoms with Crippen LogP contribution in [0.2, 0.25) is 0 Å². The zero-order chi connectivity index (χ0) is 21.8. The number of rotatable bonds is 6. The number of anilines is 1. The Labute approximate surface area is 173 Å². The van der Waals surface area contributed by atoms with E-state index in [1.807, 2.05) is 0 Å². The van der Waals surface area contributed by atoms with Crippen LogP contribution in [0.5, 0.6) is 0 Å². The zero-order valence-corrected chi connectivity index (χ0v) is 16.9. The Balaban J connectivity index is 1.53. The highest BCUT2D eigenvalue weighted by Crippen LogP contribution is 2.37. The Hall–Kier alpha value is -3.23. The summed E-state index contributed by atoms with van der Waals surface area (Å²) in [5, 5.41) is 2.57. The third-order valence-corrected chi connectivity index (χ3v) is 5.52. The molecule has 9 nitrogen and oxygen atoms in total. The monoisotopic (exact) mass is 416 g/mol. The molecule has 2 atom stereocenters. The topological polar surface area (TPSA) is 119 Å². The van der Waals surface area contributed by atoms with E-state index in [-0.39, 0.29) is 29.2 Å².